The monoisotopic (exact) mass is 222 g/mol. The van der Waals surface area contributed by atoms with E-state index >= 15 is 0 Å². The van der Waals surface area contributed by atoms with Gasteiger partial charge in [-0.25, -0.2) is 4.98 Å². The van der Waals surface area contributed by atoms with Crippen molar-refractivity contribution in [1.82, 2.24) is 9.55 Å². The third-order valence-corrected chi connectivity index (χ3v) is 3.83. The van der Waals surface area contributed by atoms with Gasteiger partial charge in [-0.1, -0.05) is 20.8 Å². The van der Waals surface area contributed by atoms with Gasteiger partial charge in [-0.15, -0.1) is 0 Å². The maximum absolute atomic E-state index is 10.3. The van der Waals surface area contributed by atoms with E-state index in [1.54, 1.807) is 0 Å². The highest BCUT2D eigenvalue weighted by Gasteiger charge is 2.41. The lowest BCUT2D eigenvalue weighted by Gasteiger charge is -2.27. The Morgan fingerprint density at radius 2 is 2.31 bits per heavy atom. The maximum Gasteiger partial charge on any atom is 0.108 e. The summed E-state index contributed by atoms with van der Waals surface area (Å²) >= 11 is 0. The van der Waals surface area contributed by atoms with E-state index in [9.17, 15) is 5.11 Å². The van der Waals surface area contributed by atoms with Gasteiger partial charge in [-0.2, -0.15) is 0 Å². The summed E-state index contributed by atoms with van der Waals surface area (Å²) in [6, 6.07) is 0.221. The van der Waals surface area contributed by atoms with E-state index in [0.717, 1.165) is 31.5 Å². The second-order valence-electron chi connectivity index (χ2n) is 5.54. The molecule has 1 aromatic heterocycles. The lowest BCUT2D eigenvalue weighted by Crippen LogP contribution is -2.30. The molecule has 90 valence electrons. The summed E-state index contributed by atoms with van der Waals surface area (Å²) in [6.07, 6.45) is 7.85. The van der Waals surface area contributed by atoms with Crippen molar-refractivity contribution in [1.29, 1.82) is 0 Å². The number of aromatic nitrogens is 2. The molecule has 0 spiro atoms. The number of hydrogen-bond donors (Lipinski definition) is 1. The van der Waals surface area contributed by atoms with Gasteiger partial charge in [0.1, 0.15) is 5.82 Å². The Labute approximate surface area is 97.5 Å². The highest BCUT2D eigenvalue weighted by atomic mass is 16.3. The van der Waals surface area contributed by atoms with Crippen LogP contribution in [0.3, 0.4) is 0 Å². The third kappa shape index (κ3) is 1.88. The Bertz CT molecular complexity index is 357. The highest BCUT2D eigenvalue weighted by Crippen LogP contribution is 2.44. The molecule has 1 aromatic rings. The van der Waals surface area contributed by atoms with Gasteiger partial charge in [0.05, 0.1) is 12.1 Å². The lowest BCUT2D eigenvalue weighted by atomic mass is 9.89. The lowest BCUT2D eigenvalue weighted by molar-refractivity contribution is 0.0490. The van der Waals surface area contributed by atoms with Crippen LogP contribution in [0.25, 0.3) is 0 Å². The summed E-state index contributed by atoms with van der Waals surface area (Å²) in [5.74, 6) is 1.12. The fourth-order valence-electron chi connectivity index (χ4n) is 2.70. The first kappa shape index (κ1) is 11.6. The minimum absolute atomic E-state index is 0.0401. The van der Waals surface area contributed by atoms with Gasteiger partial charge in [0, 0.05) is 18.8 Å². The van der Waals surface area contributed by atoms with Crippen molar-refractivity contribution in [2.45, 2.75) is 58.6 Å². The molecular formula is C13H22N2O. The van der Waals surface area contributed by atoms with Crippen LogP contribution in [-0.4, -0.2) is 20.8 Å². The molecule has 1 aliphatic rings. The minimum atomic E-state index is -0.252. The molecule has 16 heavy (non-hydrogen) atoms. The molecule has 3 nitrogen and oxygen atoms in total. The predicted octanol–water partition coefficient (Wildman–Crippen LogP) is 2.56. The van der Waals surface area contributed by atoms with Crippen molar-refractivity contribution in [3.05, 3.63) is 18.2 Å². The molecule has 1 heterocycles. The molecule has 1 fully saturated rings. The molecule has 2 unspecified atom stereocenters. The summed E-state index contributed by atoms with van der Waals surface area (Å²) in [6.45, 7) is 6.45. The summed E-state index contributed by atoms with van der Waals surface area (Å²) in [4.78, 5) is 4.38. The molecule has 1 aliphatic carbocycles. The molecule has 0 saturated heterocycles. The molecule has 0 radical (unpaired) electrons. The summed E-state index contributed by atoms with van der Waals surface area (Å²) in [7, 11) is 0. The molecule has 0 amide bonds. The first-order chi connectivity index (χ1) is 7.56. The molecule has 2 rings (SSSR count). The molecule has 1 N–H and O–H groups in total. The SMILES string of the molecule is CCCc1nccn1C1CCC(C)(C)C1O. The van der Waals surface area contributed by atoms with Crippen LogP contribution in [0.5, 0.6) is 0 Å². The summed E-state index contributed by atoms with van der Waals surface area (Å²) in [5, 5.41) is 10.3. The number of hydrogen-bond acceptors (Lipinski definition) is 2. The molecule has 2 atom stereocenters. The average Bonchev–Trinajstić information content (AvgIpc) is 2.75. The van der Waals surface area contributed by atoms with Crippen molar-refractivity contribution in [2.24, 2.45) is 5.41 Å². The van der Waals surface area contributed by atoms with Crippen LogP contribution in [0.2, 0.25) is 0 Å². The van der Waals surface area contributed by atoms with Crippen LogP contribution < -0.4 is 0 Å². The zero-order valence-corrected chi connectivity index (χ0v) is 10.5. The summed E-state index contributed by atoms with van der Waals surface area (Å²) in [5.41, 5.74) is 0.0401. The first-order valence-electron chi connectivity index (χ1n) is 6.26. The molecule has 1 saturated carbocycles. The number of imidazole rings is 1. The molecule has 0 aromatic carbocycles. The van der Waals surface area contributed by atoms with E-state index in [2.05, 4.69) is 30.3 Å². The Hall–Kier alpha value is -0.830. The van der Waals surface area contributed by atoms with Crippen molar-refractivity contribution in [3.63, 3.8) is 0 Å². The average molecular weight is 222 g/mol. The van der Waals surface area contributed by atoms with Crippen LogP contribution in [-0.2, 0) is 6.42 Å². The topological polar surface area (TPSA) is 38.0 Å². The number of nitrogens with zero attached hydrogens (tertiary/aromatic N) is 2. The van der Waals surface area contributed by atoms with Crippen molar-refractivity contribution < 1.29 is 5.11 Å². The zero-order valence-electron chi connectivity index (χ0n) is 10.5. The Kier molecular flexibility index (Phi) is 3.06. The van der Waals surface area contributed by atoms with Gasteiger partial charge in [0.25, 0.3) is 0 Å². The van der Waals surface area contributed by atoms with Crippen LogP contribution in [0.15, 0.2) is 12.4 Å². The van der Waals surface area contributed by atoms with Gasteiger partial charge >= 0.3 is 0 Å². The van der Waals surface area contributed by atoms with Crippen molar-refractivity contribution >= 4 is 0 Å². The van der Waals surface area contributed by atoms with Crippen molar-refractivity contribution in [3.8, 4) is 0 Å². The second kappa shape index (κ2) is 4.21. The fraction of sp³-hybridized carbons (Fsp3) is 0.769. The van der Waals surface area contributed by atoms with Gasteiger partial charge in [0.2, 0.25) is 0 Å². The van der Waals surface area contributed by atoms with E-state index in [4.69, 9.17) is 0 Å². The van der Waals surface area contributed by atoms with E-state index < -0.39 is 0 Å². The second-order valence-corrected chi connectivity index (χ2v) is 5.54. The summed E-state index contributed by atoms with van der Waals surface area (Å²) < 4.78 is 2.18. The third-order valence-electron chi connectivity index (χ3n) is 3.83. The number of rotatable bonds is 3. The van der Waals surface area contributed by atoms with Crippen LogP contribution >= 0.6 is 0 Å². The van der Waals surface area contributed by atoms with Gasteiger partial charge in [0.15, 0.2) is 0 Å². The van der Waals surface area contributed by atoms with E-state index in [1.165, 1.54) is 0 Å². The molecule has 0 bridgehead atoms. The molecule has 0 aliphatic heterocycles. The Morgan fingerprint density at radius 1 is 1.56 bits per heavy atom. The van der Waals surface area contributed by atoms with Crippen LogP contribution in [0.4, 0.5) is 0 Å². The van der Waals surface area contributed by atoms with E-state index in [1.807, 2.05) is 12.4 Å². The smallest absolute Gasteiger partial charge is 0.108 e. The Morgan fingerprint density at radius 3 is 2.88 bits per heavy atom. The highest BCUT2D eigenvalue weighted by molar-refractivity contribution is 5.02. The minimum Gasteiger partial charge on any atom is -0.390 e. The Balaban J connectivity index is 2.22. The maximum atomic E-state index is 10.3. The standard InChI is InChI=1S/C13H22N2O/c1-4-5-11-14-8-9-15(11)10-6-7-13(2,3)12(10)16/h8-10,12,16H,4-7H2,1-3H3. The van der Waals surface area contributed by atoms with Crippen LogP contribution in [0, 0.1) is 5.41 Å². The normalized spacial score (nSPS) is 28.5. The quantitative estimate of drug-likeness (QED) is 0.853. The molecular weight excluding hydrogens is 200 g/mol. The number of aryl methyl sites for hydroxylation is 1. The first-order valence-corrected chi connectivity index (χ1v) is 6.26. The predicted molar refractivity (Wildman–Crippen MR) is 64.3 cm³/mol. The molecule has 3 heteroatoms. The fourth-order valence-corrected chi connectivity index (χ4v) is 2.70. The van der Waals surface area contributed by atoms with Gasteiger partial charge < -0.3 is 9.67 Å². The van der Waals surface area contributed by atoms with E-state index in [0.29, 0.717) is 0 Å². The van der Waals surface area contributed by atoms with Gasteiger partial charge in [-0.3, -0.25) is 0 Å². The van der Waals surface area contributed by atoms with Crippen molar-refractivity contribution in [2.75, 3.05) is 0 Å². The van der Waals surface area contributed by atoms with E-state index in [-0.39, 0.29) is 17.6 Å². The van der Waals surface area contributed by atoms with Crippen LogP contribution in [0.1, 0.15) is 51.9 Å². The number of aliphatic hydroxyl groups excluding tert-OH is 1. The number of aliphatic hydroxyl groups is 1. The van der Waals surface area contributed by atoms with Gasteiger partial charge in [-0.05, 0) is 24.7 Å². The zero-order chi connectivity index (χ0) is 11.8. The largest absolute Gasteiger partial charge is 0.390 e.